The number of benzene rings is 2. The molecule has 2 nitrogen and oxygen atoms in total. The Labute approximate surface area is 128 Å². The van der Waals surface area contributed by atoms with Crippen molar-refractivity contribution >= 4 is 15.9 Å². The van der Waals surface area contributed by atoms with Gasteiger partial charge in [-0.3, -0.25) is 0 Å². The van der Waals surface area contributed by atoms with Crippen molar-refractivity contribution < 1.29 is 9.84 Å². The standard InChI is InChI=1S/C17H19BrO2/c1-3-10-20-16-9-8-14(11-15(16)18)17(19)13-6-4-12(2)5-7-13/h4-9,11,17,19H,3,10H2,1-2H3. The smallest absolute Gasteiger partial charge is 0.133 e. The first-order valence-electron chi connectivity index (χ1n) is 6.78. The summed E-state index contributed by atoms with van der Waals surface area (Å²) in [6.45, 7) is 4.80. The Morgan fingerprint density at radius 2 is 1.75 bits per heavy atom. The van der Waals surface area contributed by atoms with Gasteiger partial charge in [0.2, 0.25) is 0 Å². The Morgan fingerprint density at radius 1 is 1.10 bits per heavy atom. The minimum Gasteiger partial charge on any atom is -0.492 e. The van der Waals surface area contributed by atoms with Crippen LogP contribution in [0.25, 0.3) is 0 Å². The molecule has 20 heavy (non-hydrogen) atoms. The monoisotopic (exact) mass is 334 g/mol. The molecule has 0 fully saturated rings. The molecule has 0 saturated carbocycles. The minimum atomic E-state index is -0.618. The van der Waals surface area contributed by atoms with E-state index in [9.17, 15) is 5.11 Å². The zero-order valence-corrected chi connectivity index (χ0v) is 13.4. The zero-order chi connectivity index (χ0) is 14.5. The van der Waals surface area contributed by atoms with Crippen LogP contribution in [0.15, 0.2) is 46.9 Å². The van der Waals surface area contributed by atoms with E-state index in [0.29, 0.717) is 6.61 Å². The summed E-state index contributed by atoms with van der Waals surface area (Å²) in [6.07, 6.45) is 0.354. The first kappa shape index (κ1) is 15.1. The SMILES string of the molecule is CCCOc1ccc(C(O)c2ccc(C)cc2)cc1Br. The molecule has 0 aliphatic rings. The summed E-state index contributed by atoms with van der Waals surface area (Å²) in [5.74, 6) is 0.812. The van der Waals surface area contributed by atoms with E-state index in [2.05, 4.69) is 22.9 Å². The summed E-state index contributed by atoms with van der Waals surface area (Å²) in [4.78, 5) is 0. The van der Waals surface area contributed by atoms with Gasteiger partial charge in [0, 0.05) is 0 Å². The predicted octanol–water partition coefficient (Wildman–Crippen LogP) is 4.63. The van der Waals surface area contributed by atoms with E-state index in [1.165, 1.54) is 5.56 Å². The Hall–Kier alpha value is -1.32. The molecule has 1 atom stereocenters. The van der Waals surface area contributed by atoms with Gasteiger partial charge in [0.1, 0.15) is 11.9 Å². The van der Waals surface area contributed by atoms with Gasteiger partial charge in [-0.1, -0.05) is 42.8 Å². The fraction of sp³-hybridized carbons (Fsp3) is 0.294. The molecule has 2 aromatic rings. The van der Waals surface area contributed by atoms with Crippen molar-refractivity contribution in [1.82, 2.24) is 0 Å². The first-order valence-corrected chi connectivity index (χ1v) is 7.58. The van der Waals surface area contributed by atoms with Crippen LogP contribution in [0.1, 0.15) is 36.1 Å². The molecular weight excluding hydrogens is 316 g/mol. The lowest BCUT2D eigenvalue weighted by Gasteiger charge is -2.14. The highest BCUT2D eigenvalue weighted by Crippen LogP contribution is 2.31. The number of aliphatic hydroxyl groups is 1. The van der Waals surface area contributed by atoms with Gasteiger partial charge in [-0.25, -0.2) is 0 Å². The molecule has 0 aliphatic carbocycles. The maximum absolute atomic E-state index is 10.4. The van der Waals surface area contributed by atoms with Gasteiger partial charge in [0.25, 0.3) is 0 Å². The van der Waals surface area contributed by atoms with E-state index in [1.807, 2.05) is 49.4 Å². The number of ether oxygens (including phenoxy) is 1. The maximum Gasteiger partial charge on any atom is 0.133 e. The lowest BCUT2D eigenvalue weighted by molar-refractivity contribution is 0.220. The predicted molar refractivity (Wildman–Crippen MR) is 85.2 cm³/mol. The number of hydrogen-bond acceptors (Lipinski definition) is 2. The van der Waals surface area contributed by atoms with Crippen molar-refractivity contribution in [3.05, 3.63) is 63.6 Å². The number of halogens is 1. The van der Waals surface area contributed by atoms with Crippen LogP contribution in [-0.4, -0.2) is 11.7 Å². The van der Waals surface area contributed by atoms with Gasteiger partial charge in [-0.05, 0) is 52.5 Å². The second-order valence-electron chi connectivity index (χ2n) is 4.85. The number of hydrogen-bond donors (Lipinski definition) is 1. The zero-order valence-electron chi connectivity index (χ0n) is 11.8. The van der Waals surface area contributed by atoms with Crippen LogP contribution >= 0.6 is 15.9 Å². The Balaban J connectivity index is 2.20. The average molecular weight is 335 g/mol. The normalized spacial score (nSPS) is 12.2. The lowest BCUT2D eigenvalue weighted by atomic mass is 10.0. The minimum absolute atomic E-state index is 0.618. The molecule has 106 valence electrons. The summed E-state index contributed by atoms with van der Waals surface area (Å²) >= 11 is 3.49. The Bertz CT molecular complexity index is 564. The third kappa shape index (κ3) is 3.62. The van der Waals surface area contributed by atoms with Gasteiger partial charge < -0.3 is 9.84 Å². The van der Waals surface area contributed by atoms with Crippen molar-refractivity contribution in [2.24, 2.45) is 0 Å². The number of aliphatic hydroxyl groups excluding tert-OH is 1. The first-order chi connectivity index (χ1) is 9.61. The number of rotatable bonds is 5. The molecule has 0 bridgehead atoms. The van der Waals surface area contributed by atoms with Gasteiger partial charge in [0.15, 0.2) is 0 Å². The molecule has 0 saturated heterocycles. The molecule has 0 amide bonds. The number of aryl methyl sites for hydroxylation is 1. The highest BCUT2D eigenvalue weighted by molar-refractivity contribution is 9.10. The summed E-state index contributed by atoms with van der Waals surface area (Å²) in [7, 11) is 0. The van der Waals surface area contributed by atoms with Crippen molar-refractivity contribution in [3.8, 4) is 5.75 Å². The van der Waals surface area contributed by atoms with E-state index >= 15 is 0 Å². The van der Waals surface area contributed by atoms with E-state index < -0.39 is 6.10 Å². The largest absolute Gasteiger partial charge is 0.492 e. The second kappa shape index (κ2) is 6.91. The quantitative estimate of drug-likeness (QED) is 0.863. The van der Waals surface area contributed by atoms with E-state index in [4.69, 9.17) is 4.74 Å². The molecule has 0 aliphatic heterocycles. The fourth-order valence-electron chi connectivity index (χ4n) is 1.96. The van der Waals surface area contributed by atoms with Crippen molar-refractivity contribution in [2.75, 3.05) is 6.61 Å². The molecule has 0 aromatic heterocycles. The van der Waals surface area contributed by atoms with Crippen LogP contribution in [0.5, 0.6) is 5.75 Å². The second-order valence-corrected chi connectivity index (χ2v) is 5.71. The van der Waals surface area contributed by atoms with Gasteiger partial charge in [-0.2, -0.15) is 0 Å². The molecule has 0 heterocycles. The molecule has 0 radical (unpaired) electrons. The van der Waals surface area contributed by atoms with E-state index in [1.54, 1.807) is 0 Å². The molecule has 2 rings (SSSR count). The van der Waals surface area contributed by atoms with Gasteiger partial charge >= 0.3 is 0 Å². The van der Waals surface area contributed by atoms with E-state index in [-0.39, 0.29) is 0 Å². The molecule has 3 heteroatoms. The third-order valence-corrected chi connectivity index (χ3v) is 3.75. The van der Waals surface area contributed by atoms with Crippen molar-refractivity contribution in [3.63, 3.8) is 0 Å². The van der Waals surface area contributed by atoms with Crippen molar-refractivity contribution in [1.29, 1.82) is 0 Å². The summed E-state index contributed by atoms with van der Waals surface area (Å²) in [5, 5.41) is 10.4. The Morgan fingerprint density at radius 3 is 2.35 bits per heavy atom. The van der Waals surface area contributed by atoms with Crippen molar-refractivity contribution in [2.45, 2.75) is 26.4 Å². The van der Waals surface area contributed by atoms with Crippen LogP contribution < -0.4 is 4.74 Å². The molecule has 1 N–H and O–H groups in total. The molecular formula is C17H19BrO2. The van der Waals surface area contributed by atoms with E-state index in [0.717, 1.165) is 27.8 Å². The van der Waals surface area contributed by atoms with Crippen LogP contribution in [0.4, 0.5) is 0 Å². The topological polar surface area (TPSA) is 29.5 Å². The maximum atomic E-state index is 10.4. The molecule has 1 unspecified atom stereocenters. The summed E-state index contributed by atoms with van der Waals surface area (Å²) in [6, 6.07) is 13.6. The average Bonchev–Trinajstić information content (AvgIpc) is 2.46. The van der Waals surface area contributed by atoms with Gasteiger partial charge in [0.05, 0.1) is 11.1 Å². The lowest BCUT2D eigenvalue weighted by Crippen LogP contribution is -2.01. The van der Waals surface area contributed by atoms with Gasteiger partial charge in [-0.15, -0.1) is 0 Å². The van der Waals surface area contributed by atoms with Crippen LogP contribution in [0, 0.1) is 6.92 Å². The highest BCUT2D eigenvalue weighted by Gasteiger charge is 2.12. The molecule has 0 spiro atoms. The van der Waals surface area contributed by atoms with Crippen LogP contribution in [-0.2, 0) is 0 Å². The molecule has 2 aromatic carbocycles. The summed E-state index contributed by atoms with van der Waals surface area (Å²) < 4.78 is 6.48. The fourth-order valence-corrected chi connectivity index (χ4v) is 2.47. The Kier molecular flexibility index (Phi) is 5.21. The summed E-state index contributed by atoms with van der Waals surface area (Å²) in [5.41, 5.74) is 2.93. The third-order valence-electron chi connectivity index (χ3n) is 3.13. The van der Waals surface area contributed by atoms with Crippen LogP contribution in [0.3, 0.4) is 0 Å². The highest BCUT2D eigenvalue weighted by atomic mass is 79.9. The van der Waals surface area contributed by atoms with Crippen LogP contribution in [0.2, 0.25) is 0 Å².